The van der Waals surface area contributed by atoms with Crippen LogP contribution in [0.25, 0.3) is 173 Å². The summed E-state index contributed by atoms with van der Waals surface area (Å²) < 4.78 is 0. The second-order valence-corrected chi connectivity index (χ2v) is 33.1. The van der Waals surface area contributed by atoms with Crippen LogP contribution < -0.4 is 0 Å². The zero-order valence-corrected chi connectivity index (χ0v) is 68.1. The van der Waals surface area contributed by atoms with Crippen molar-refractivity contribution in [3.8, 4) is 167 Å². The van der Waals surface area contributed by atoms with E-state index in [-0.39, 0.29) is 5.92 Å². The van der Waals surface area contributed by atoms with Gasteiger partial charge in [-0.1, -0.05) is 285 Å². The van der Waals surface area contributed by atoms with Crippen molar-refractivity contribution in [3.63, 3.8) is 0 Å². The maximum atomic E-state index is 5.01. The third-order valence-electron chi connectivity index (χ3n) is 25.9. The van der Waals surface area contributed by atoms with E-state index in [1.165, 1.54) is 150 Å². The van der Waals surface area contributed by atoms with Crippen molar-refractivity contribution < 1.29 is 0 Å². The van der Waals surface area contributed by atoms with Gasteiger partial charge in [0.1, 0.15) is 6.33 Å². The fraction of sp³-hybridized carbons (Fsp3) is 0.103. The Morgan fingerprint density at radius 1 is 0.270 bits per heavy atom. The van der Waals surface area contributed by atoms with E-state index >= 15 is 0 Å². The first-order valence-electron chi connectivity index (χ1n) is 43.1. The van der Waals surface area contributed by atoms with E-state index in [4.69, 9.17) is 29.9 Å². The standard InChI is InChI=1S/C116H86N6/c1-2-58-117-111-35-15-19-81-62-82(50-54-107(81)111)97-25-5-11-31-103(97)91-66-89(67-92(70-91)104-32-12-6-26-98(104)83-51-55-108-86(63-83)47-44-78-20-16-59-118-114(78)108)101-29-9-3-23-95(101)74-36-40-76(41-37-74)112-72-113(122-73-121-112)77-42-38-75(39-43-77)96-24-4-10-30-102(96)90-68-93(105-33-13-7-27-99(105)84-52-56-109-87(64-84)48-45-79-21-17-60-119-115(79)109)71-94(69-90)106-34-14-8-28-100(106)85-53-57-110-88(65-85)49-46-80-22-18-61-120-116(80)110/h2-14,16-18,20-34,36-40,42-43,50-73,76H,15,19,35,41,44-49H2,1H3/b58-2-,117-111?. The Labute approximate surface area is 713 Å². The number of aryl methyl sites for hydroxylation is 7. The van der Waals surface area contributed by atoms with E-state index in [0.717, 1.165) is 148 Å². The first-order chi connectivity index (χ1) is 60.4. The lowest BCUT2D eigenvalue weighted by Gasteiger charge is -2.21. The number of aliphatic imine (C=N–C) groups is 1. The Bertz CT molecular complexity index is 7010. The van der Waals surface area contributed by atoms with E-state index in [1.807, 2.05) is 37.8 Å². The molecule has 0 saturated heterocycles. The average molecular weight is 1560 g/mol. The van der Waals surface area contributed by atoms with E-state index in [2.05, 4.69) is 340 Å². The van der Waals surface area contributed by atoms with Crippen molar-refractivity contribution in [2.75, 3.05) is 0 Å². The number of allylic oxidation sites excluding steroid dienone is 5. The Kier molecular flexibility index (Phi) is 19.2. The highest BCUT2D eigenvalue weighted by atomic mass is 14.8. The maximum absolute atomic E-state index is 5.01. The van der Waals surface area contributed by atoms with Crippen LogP contribution in [-0.4, -0.2) is 30.6 Å². The van der Waals surface area contributed by atoms with Gasteiger partial charge < -0.3 is 0 Å². The fourth-order valence-corrected chi connectivity index (χ4v) is 19.9. The molecule has 6 nitrogen and oxygen atoms in total. The number of rotatable bonds is 15. The summed E-state index contributed by atoms with van der Waals surface area (Å²) in [6.45, 7) is 2.03. The van der Waals surface area contributed by atoms with E-state index < -0.39 is 0 Å². The summed E-state index contributed by atoms with van der Waals surface area (Å²) in [4.78, 5) is 29.5. The lowest BCUT2D eigenvalue weighted by molar-refractivity contribution is 0.811. The molecule has 0 bridgehead atoms. The van der Waals surface area contributed by atoms with Crippen LogP contribution in [0.1, 0.15) is 87.9 Å². The van der Waals surface area contributed by atoms with Gasteiger partial charge in [-0.3, -0.25) is 19.9 Å². The molecule has 1 unspecified atom stereocenters. The molecule has 0 saturated carbocycles. The van der Waals surface area contributed by atoms with Crippen LogP contribution in [0.2, 0.25) is 0 Å². The smallest absolute Gasteiger partial charge is 0.116 e. The lowest BCUT2D eigenvalue weighted by Crippen LogP contribution is -2.11. The van der Waals surface area contributed by atoms with Crippen molar-refractivity contribution >= 4 is 11.3 Å². The second kappa shape index (κ2) is 31.9. The van der Waals surface area contributed by atoms with Gasteiger partial charge in [0.2, 0.25) is 0 Å². The fourth-order valence-electron chi connectivity index (χ4n) is 19.9. The number of benzene rings is 13. The number of aromatic nitrogens is 5. The summed E-state index contributed by atoms with van der Waals surface area (Å²) in [5.41, 5.74) is 50.0. The Hall–Kier alpha value is -14.7. The quantitative estimate of drug-likeness (QED) is 0.102. The SMILES string of the molecule is C/C=C\N=C1CCCc2cc(-c3ccccc3-c3cc(-c4ccccc4C4=CCC(c5cc(-c6ccc(-c7ccccc7-c7cc(-c8ccccc8-c8ccc9c(c8)CCc8cccnc8-9)cc(-c8ccccc8-c8ccc9c(c8)CCc8cccnc8-9)c7)cc6)ncn5)C=C4)cc(-c4ccccc4-c4ccc5c(c4)CCc4cccnc4-5)c3)ccc21. The summed E-state index contributed by atoms with van der Waals surface area (Å²) in [5, 5.41) is 0. The minimum absolute atomic E-state index is 0.0500. The van der Waals surface area contributed by atoms with Gasteiger partial charge in [-0.15, -0.1) is 0 Å². The van der Waals surface area contributed by atoms with Crippen LogP contribution >= 0.6 is 0 Å². The monoisotopic (exact) mass is 1560 g/mol. The van der Waals surface area contributed by atoms with Gasteiger partial charge in [0.25, 0.3) is 0 Å². The molecule has 0 spiro atoms. The summed E-state index contributed by atoms with van der Waals surface area (Å²) in [6.07, 6.45) is 28.3. The zero-order chi connectivity index (χ0) is 81.0. The van der Waals surface area contributed by atoms with Gasteiger partial charge in [-0.05, 0) is 310 Å². The van der Waals surface area contributed by atoms with Crippen molar-refractivity contribution in [3.05, 3.63) is 433 Å². The molecule has 1 atom stereocenters. The van der Waals surface area contributed by atoms with Gasteiger partial charge >= 0.3 is 0 Å². The molecule has 4 aromatic heterocycles. The number of hydrogen-bond donors (Lipinski definition) is 0. The molecule has 5 aliphatic carbocycles. The molecule has 0 fully saturated rings. The molecule has 0 radical (unpaired) electrons. The van der Waals surface area contributed by atoms with Crippen molar-refractivity contribution in [2.24, 2.45) is 4.99 Å². The molecule has 22 rings (SSSR count). The first-order valence-corrected chi connectivity index (χ1v) is 43.1. The number of pyridine rings is 3. The largest absolute Gasteiger partial charge is 0.261 e. The van der Waals surface area contributed by atoms with Gasteiger partial charge in [0.05, 0.1) is 28.5 Å². The molecule has 17 aromatic rings. The first kappa shape index (κ1) is 73.6. The van der Waals surface area contributed by atoms with Crippen molar-refractivity contribution in [1.29, 1.82) is 0 Å². The number of fused-ring (bicyclic) bond motifs is 10. The molecule has 0 amide bonds. The minimum atomic E-state index is 0.0500. The van der Waals surface area contributed by atoms with Crippen LogP contribution in [0.3, 0.4) is 0 Å². The molecule has 5 aliphatic rings. The summed E-state index contributed by atoms with van der Waals surface area (Å²) >= 11 is 0. The third-order valence-corrected chi connectivity index (χ3v) is 25.9. The normalized spacial score (nSPS) is 14.5. The van der Waals surface area contributed by atoms with Crippen LogP contribution in [0.5, 0.6) is 0 Å². The van der Waals surface area contributed by atoms with Gasteiger partial charge in [-0.25, -0.2) is 9.97 Å². The topological polar surface area (TPSA) is 76.8 Å². The molecule has 122 heavy (non-hydrogen) atoms. The Morgan fingerprint density at radius 3 is 0.992 bits per heavy atom. The molecular weight excluding hydrogens is 1480 g/mol. The van der Waals surface area contributed by atoms with E-state index in [1.54, 1.807) is 6.33 Å². The highest BCUT2D eigenvalue weighted by Crippen LogP contribution is 2.49. The molecule has 0 N–H and O–H groups in total. The predicted octanol–water partition coefficient (Wildman–Crippen LogP) is 28.7. The van der Waals surface area contributed by atoms with Crippen LogP contribution in [0, 0.1) is 0 Å². The molecule has 580 valence electrons. The van der Waals surface area contributed by atoms with Crippen molar-refractivity contribution in [1.82, 2.24) is 24.9 Å². The van der Waals surface area contributed by atoms with Gasteiger partial charge in [0.15, 0.2) is 0 Å². The molecular formula is C116H86N6. The van der Waals surface area contributed by atoms with E-state index in [9.17, 15) is 0 Å². The molecule has 13 aromatic carbocycles. The highest BCUT2D eigenvalue weighted by Gasteiger charge is 2.27. The third kappa shape index (κ3) is 13.9. The zero-order valence-electron chi connectivity index (χ0n) is 68.1. The highest BCUT2D eigenvalue weighted by molar-refractivity contribution is 6.04. The Balaban J connectivity index is 0.581. The summed E-state index contributed by atoms with van der Waals surface area (Å²) in [5.74, 6) is 0.0500. The van der Waals surface area contributed by atoms with Crippen LogP contribution in [0.4, 0.5) is 0 Å². The van der Waals surface area contributed by atoms with Gasteiger partial charge in [-0.2, -0.15) is 0 Å². The summed E-state index contributed by atoms with van der Waals surface area (Å²) in [7, 11) is 0. The van der Waals surface area contributed by atoms with E-state index in [0.29, 0.717) is 0 Å². The van der Waals surface area contributed by atoms with Crippen LogP contribution in [0.15, 0.2) is 382 Å². The van der Waals surface area contributed by atoms with Gasteiger partial charge in [0, 0.05) is 58.7 Å². The average Bonchev–Trinajstić information content (AvgIpc) is 0.753. The number of hydrogen-bond acceptors (Lipinski definition) is 6. The lowest BCUT2D eigenvalue weighted by atomic mass is 9.83. The van der Waals surface area contributed by atoms with Crippen LogP contribution in [-0.2, 0) is 44.9 Å². The minimum Gasteiger partial charge on any atom is -0.261 e. The molecule has 4 heterocycles. The molecule has 0 aliphatic heterocycles. The second-order valence-electron chi connectivity index (χ2n) is 33.1. The van der Waals surface area contributed by atoms with Crippen molar-refractivity contribution in [2.45, 2.75) is 77.0 Å². The summed E-state index contributed by atoms with van der Waals surface area (Å²) in [6, 6.07) is 120. The maximum Gasteiger partial charge on any atom is 0.116 e. The number of nitrogens with zero attached hydrogens (tertiary/aromatic N) is 6. The molecule has 6 heteroatoms. The predicted molar refractivity (Wildman–Crippen MR) is 504 cm³/mol. The Morgan fingerprint density at radius 2 is 0.607 bits per heavy atom.